The molecular formula is C25H29ClN4O3. The molecule has 0 spiro atoms. The van der Waals surface area contributed by atoms with Crippen LogP contribution in [0.15, 0.2) is 48.5 Å². The Balaban J connectivity index is 0.000000454. The molecule has 0 saturated carbocycles. The number of pyridine rings is 1. The molecule has 1 aromatic heterocycles. The molecule has 0 bridgehead atoms. The van der Waals surface area contributed by atoms with Crippen LogP contribution in [0.2, 0.25) is 5.02 Å². The molecule has 4 N–H and O–H groups in total. The van der Waals surface area contributed by atoms with E-state index >= 15 is 0 Å². The highest BCUT2D eigenvalue weighted by atomic mass is 35.5. The maximum atomic E-state index is 12.9. The minimum Gasteiger partial charge on any atom is -0.481 e. The van der Waals surface area contributed by atoms with Crippen molar-refractivity contribution in [3.8, 4) is 11.3 Å². The summed E-state index contributed by atoms with van der Waals surface area (Å²) in [6.07, 6.45) is 1.02. The average Bonchev–Trinajstić information content (AvgIpc) is 2.78. The number of carbonyl (C=O) groups excluding carboxylic acids is 1. The molecule has 1 amide bonds. The number of benzene rings is 2. The van der Waals surface area contributed by atoms with Gasteiger partial charge >= 0.3 is 5.97 Å². The third-order valence-electron chi connectivity index (χ3n) is 5.31. The number of fused-ring (bicyclic) bond motifs is 1. The summed E-state index contributed by atoms with van der Waals surface area (Å²) in [6.45, 7) is 6.14. The van der Waals surface area contributed by atoms with Crippen LogP contribution in [-0.2, 0) is 4.79 Å². The second kappa shape index (κ2) is 11.1. The van der Waals surface area contributed by atoms with E-state index < -0.39 is 5.97 Å². The lowest BCUT2D eigenvalue weighted by molar-refractivity contribution is -0.137. The lowest BCUT2D eigenvalue weighted by Gasteiger charge is -2.32. The van der Waals surface area contributed by atoms with Gasteiger partial charge in [0, 0.05) is 54.3 Å². The van der Waals surface area contributed by atoms with Gasteiger partial charge in [-0.3, -0.25) is 9.59 Å². The van der Waals surface area contributed by atoms with E-state index in [1.165, 1.54) is 0 Å². The number of amides is 1. The van der Waals surface area contributed by atoms with Gasteiger partial charge in [-0.25, -0.2) is 4.98 Å². The van der Waals surface area contributed by atoms with Crippen LogP contribution in [0.4, 0.5) is 5.69 Å². The van der Waals surface area contributed by atoms with Crippen LogP contribution >= 0.6 is 11.6 Å². The van der Waals surface area contributed by atoms with Gasteiger partial charge in [-0.15, -0.1) is 0 Å². The topological polar surface area (TPSA) is 109 Å². The van der Waals surface area contributed by atoms with Crippen molar-refractivity contribution in [1.29, 1.82) is 0 Å². The lowest BCUT2D eigenvalue weighted by atomic mass is 10.1. The molecule has 0 aliphatic carbocycles. The van der Waals surface area contributed by atoms with E-state index in [1.54, 1.807) is 0 Å². The number of nitrogen functional groups attached to an aromatic ring is 1. The highest BCUT2D eigenvalue weighted by Gasteiger charge is 2.22. The summed E-state index contributed by atoms with van der Waals surface area (Å²) in [5.41, 5.74) is 9.52. The molecule has 1 fully saturated rings. The minimum atomic E-state index is -0.711. The van der Waals surface area contributed by atoms with E-state index in [-0.39, 0.29) is 5.91 Å². The first-order valence-electron chi connectivity index (χ1n) is 11.0. The summed E-state index contributed by atoms with van der Waals surface area (Å²) in [7, 11) is 0. The molecule has 1 saturated heterocycles. The Morgan fingerprint density at radius 1 is 1.24 bits per heavy atom. The third-order valence-corrected chi connectivity index (χ3v) is 5.62. The first-order chi connectivity index (χ1) is 15.8. The van der Waals surface area contributed by atoms with Crippen LogP contribution < -0.4 is 11.1 Å². The van der Waals surface area contributed by atoms with Gasteiger partial charge in [-0.1, -0.05) is 36.7 Å². The predicted molar refractivity (Wildman–Crippen MR) is 133 cm³/mol. The highest BCUT2D eigenvalue weighted by molar-refractivity contribution is 6.35. The molecule has 8 heteroatoms. The van der Waals surface area contributed by atoms with E-state index in [4.69, 9.17) is 27.4 Å². The quantitative estimate of drug-likeness (QED) is 0.488. The van der Waals surface area contributed by atoms with Gasteiger partial charge in [0.1, 0.15) is 0 Å². The van der Waals surface area contributed by atoms with Crippen molar-refractivity contribution in [1.82, 2.24) is 15.2 Å². The van der Waals surface area contributed by atoms with Gasteiger partial charge < -0.3 is 21.1 Å². The van der Waals surface area contributed by atoms with E-state index in [2.05, 4.69) is 12.2 Å². The number of piperazine rings is 1. The largest absolute Gasteiger partial charge is 0.481 e. The molecule has 7 nitrogen and oxygen atoms in total. The predicted octanol–water partition coefficient (Wildman–Crippen LogP) is 4.44. The number of nitrogens with two attached hydrogens (primary N) is 1. The summed E-state index contributed by atoms with van der Waals surface area (Å²) in [5.74, 6) is -0.685. The molecule has 1 atom stereocenters. The average molecular weight is 469 g/mol. The number of halogens is 1. The van der Waals surface area contributed by atoms with Crippen molar-refractivity contribution >= 4 is 40.1 Å². The van der Waals surface area contributed by atoms with Crippen molar-refractivity contribution in [3.05, 3.63) is 59.1 Å². The molecule has 0 radical (unpaired) electrons. The fraction of sp³-hybridized carbons (Fsp3) is 0.320. The molecule has 3 aromatic rings. The van der Waals surface area contributed by atoms with Crippen molar-refractivity contribution in [3.63, 3.8) is 0 Å². The molecule has 4 rings (SSSR count). The standard InChI is InChI=1S/C21H21ClN4O.C4H8O2/c1-13-12-26(8-7-24-13)21(27)15-5-6-17-18(22)11-19(25-20(17)10-15)14-3-2-4-16(23)9-14;1-2-3-4(5)6/h2-6,9-11,13,24H,7-8,12,23H2,1H3;2-3H2,1H3,(H,5,6)/t13-;/m1./s1. The maximum Gasteiger partial charge on any atom is 0.303 e. The molecule has 1 aliphatic rings. The Hall–Kier alpha value is -3.16. The zero-order valence-corrected chi connectivity index (χ0v) is 19.6. The van der Waals surface area contributed by atoms with Crippen LogP contribution in [-0.4, -0.2) is 52.5 Å². The number of nitrogens with one attached hydrogen (secondary N) is 1. The number of carboxylic acids is 1. The van der Waals surface area contributed by atoms with Gasteiger partial charge in [0.25, 0.3) is 5.91 Å². The smallest absolute Gasteiger partial charge is 0.303 e. The maximum absolute atomic E-state index is 12.9. The number of hydrogen-bond donors (Lipinski definition) is 3. The van der Waals surface area contributed by atoms with Gasteiger partial charge in [-0.2, -0.15) is 0 Å². The molecule has 2 heterocycles. The number of nitrogens with zero attached hydrogens (tertiary/aromatic N) is 2. The van der Waals surface area contributed by atoms with Crippen molar-refractivity contribution in [2.24, 2.45) is 0 Å². The second-order valence-corrected chi connectivity index (χ2v) is 8.50. The number of hydrogen-bond acceptors (Lipinski definition) is 5. The Bertz CT molecular complexity index is 1150. The molecular weight excluding hydrogens is 440 g/mol. The fourth-order valence-electron chi connectivity index (χ4n) is 3.68. The molecule has 2 aromatic carbocycles. The summed E-state index contributed by atoms with van der Waals surface area (Å²) in [5, 5.41) is 12.7. The highest BCUT2D eigenvalue weighted by Crippen LogP contribution is 2.29. The van der Waals surface area contributed by atoms with E-state index in [1.807, 2.05) is 60.4 Å². The third kappa shape index (κ3) is 6.43. The summed E-state index contributed by atoms with van der Waals surface area (Å²) < 4.78 is 0. The molecule has 174 valence electrons. The van der Waals surface area contributed by atoms with Crippen molar-refractivity contribution in [2.75, 3.05) is 25.4 Å². The second-order valence-electron chi connectivity index (χ2n) is 8.10. The molecule has 0 unspecified atom stereocenters. The Morgan fingerprint density at radius 2 is 2.03 bits per heavy atom. The number of aliphatic carboxylic acids is 1. The van der Waals surface area contributed by atoms with E-state index in [0.29, 0.717) is 47.3 Å². The number of rotatable bonds is 4. The monoisotopic (exact) mass is 468 g/mol. The number of carboxylic acid groups (broad SMARTS) is 1. The van der Waals surface area contributed by atoms with Crippen molar-refractivity contribution < 1.29 is 14.7 Å². The summed E-state index contributed by atoms with van der Waals surface area (Å²) in [6, 6.07) is 15.2. The molecule has 1 aliphatic heterocycles. The van der Waals surface area contributed by atoms with Gasteiger partial charge in [0.2, 0.25) is 0 Å². The summed E-state index contributed by atoms with van der Waals surface area (Å²) in [4.78, 5) is 29.1. The Labute approximate surface area is 198 Å². The van der Waals surface area contributed by atoms with Gasteiger partial charge in [0.05, 0.1) is 16.2 Å². The zero-order chi connectivity index (χ0) is 24.0. The van der Waals surface area contributed by atoms with Crippen LogP contribution in [0.3, 0.4) is 0 Å². The molecule has 33 heavy (non-hydrogen) atoms. The SMILES string of the molecule is CCCC(=O)O.C[C@@H]1CN(C(=O)c2ccc3c(Cl)cc(-c4cccc(N)c4)nc3c2)CCN1. The van der Waals surface area contributed by atoms with Crippen molar-refractivity contribution in [2.45, 2.75) is 32.7 Å². The van der Waals surface area contributed by atoms with Crippen LogP contribution in [0.1, 0.15) is 37.0 Å². The van der Waals surface area contributed by atoms with E-state index in [9.17, 15) is 9.59 Å². The first-order valence-corrected chi connectivity index (χ1v) is 11.4. The van der Waals surface area contributed by atoms with Crippen LogP contribution in [0, 0.1) is 0 Å². The number of anilines is 1. The Kier molecular flexibility index (Phi) is 8.25. The first kappa shape index (κ1) is 24.5. The number of carbonyl (C=O) groups is 2. The minimum absolute atomic E-state index is 0.0255. The Morgan fingerprint density at radius 3 is 2.67 bits per heavy atom. The van der Waals surface area contributed by atoms with E-state index in [0.717, 1.165) is 29.6 Å². The number of aromatic nitrogens is 1. The van der Waals surface area contributed by atoms with Gasteiger partial charge in [0.15, 0.2) is 0 Å². The summed E-state index contributed by atoms with van der Waals surface area (Å²) >= 11 is 6.48. The van der Waals surface area contributed by atoms with Crippen LogP contribution in [0.25, 0.3) is 22.2 Å². The normalized spacial score (nSPS) is 15.6. The van der Waals surface area contributed by atoms with Crippen LogP contribution in [0.5, 0.6) is 0 Å². The fourth-order valence-corrected chi connectivity index (χ4v) is 3.94. The lowest BCUT2D eigenvalue weighted by Crippen LogP contribution is -2.51. The van der Waals surface area contributed by atoms with Gasteiger partial charge in [-0.05, 0) is 43.7 Å². The zero-order valence-electron chi connectivity index (χ0n) is 18.8.